The monoisotopic (exact) mass is 481 g/mol. The minimum atomic E-state index is -0.681. The van der Waals surface area contributed by atoms with Crippen molar-refractivity contribution < 1.29 is 18.5 Å². The topological polar surface area (TPSA) is 86.3 Å². The number of amides is 1. The van der Waals surface area contributed by atoms with Crippen LogP contribution in [0, 0.1) is 11.7 Å². The van der Waals surface area contributed by atoms with Gasteiger partial charge in [0.05, 0.1) is 12.3 Å². The molecule has 2 aromatic carbocycles. The molecule has 0 unspecified atom stereocenters. The zero-order chi connectivity index (χ0) is 23.5. The molecular weight excluding hydrogens is 453 g/mol. The van der Waals surface area contributed by atoms with E-state index >= 15 is 4.39 Å². The van der Waals surface area contributed by atoms with Gasteiger partial charge in [-0.15, -0.1) is 0 Å². The maximum absolute atomic E-state index is 15.1. The Morgan fingerprint density at radius 1 is 1.12 bits per heavy atom. The fraction of sp³-hybridized carbons (Fsp3) is 0.385. The summed E-state index contributed by atoms with van der Waals surface area (Å²) in [5.74, 6) is 1.93. The number of carbonyl (C=O) groups is 1. The highest BCUT2D eigenvalue weighted by Crippen LogP contribution is 2.30. The van der Waals surface area contributed by atoms with E-state index in [1.807, 2.05) is 6.07 Å². The van der Waals surface area contributed by atoms with Crippen LogP contribution in [-0.4, -0.2) is 39.6 Å². The van der Waals surface area contributed by atoms with Gasteiger partial charge in [0.1, 0.15) is 22.8 Å². The molecule has 0 bridgehead atoms. The average Bonchev–Trinajstić information content (AvgIpc) is 3.69. The summed E-state index contributed by atoms with van der Waals surface area (Å²) in [6, 6.07) is 12.5. The predicted octanol–water partition coefficient (Wildman–Crippen LogP) is 4.42. The van der Waals surface area contributed by atoms with Crippen molar-refractivity contribution in [1.29, 1.82) is 0 Å². The van der Waals surface area contributed by atoms with Crippen molar-refractivity contribution in [3.8, 4) is 5.75 Å². The summed E-state index contributed by atoms with van der Waals surface area (Å²) < 4.78 is 32.3. The first-order valence-corrected chi connectivity index (χ1v) is 13.2. The SMILES string of the molecule is O=C(Nc1ccc2cc(CN[C@H]3CC[S@@+]([O-])CC3)cnc2c1F)c1ccc(OCC2CC2)cc1. The Kier molecular flexibility index (Phi) is 6.99. The summed E-state index contributed by atoms with van der Waals surface area (Å²) in [6.07, 6.45) is 5.90. The molecule has 178 valence electrons. The van der Waals surface area contributed by atoms with E-state index in [9.17, 15) is 9.35 Å². The Bertz CT molecular complexity index is 1160. The number of carbonyl (C=O) groups excluding carboxylic acids is 1. The minimum Gasteiger partial charge on any atom is -0.616 e. The van der Waals surface area contributed by atoms with Gasteiger partial charge in [-0.1, -0.05) is 17.2 Å². The van der Waals surface area contributed by atoms with E-state index in [1.54, 1.807) is 42.6 Å². The zero-order valence-electron chi connectivity index (χ0n) is 18.9. The van der Waals surface area contributed by atoms with Crippen LogP contribution in [0.15, 0.2) is 48.7 Å². The van der Waals surface area contributed by atoms with Gasteiger partial charge in [0.2, 0.25) is 0 Å². The third kappa shape index (κ3) is 5.68. The van der Waals surface area contributed by atoms with Gasteiger partial charge < -0.3 is 19.9 Å². The fourth-order valence-corrected chi connectivity index (χ4v) is 5.36. The second-order valence-electron chi connectivity index (χ2n) is 9.08. The first-order valence-electron chi connectivity index (χ1n) is 11.7. The van der Waals surface area contributed by atoms with Gasteiger partial charge in [-0.25, -0.2) is 4.39 Å². The van der Waals surface area contributed by atoms with E-state index in [-0.39, 0.29) is 17.1 Å². The third-order valence-electron chi connectivity index (χ3n) is 6.38. The van der Waals surface area contributed by atoms with Crippen LogP contribution in [0.1, 0.15) is 41.6 Å². The van der Waals surface area contributed by atoms with Crippen LogP contribution in [0.2, 0.25) is 0 Å². The van der Waals surface area contributed by atoms with Crippen LogP contribution >= 0.6 is 0 Å². The summed E-state index contributed by atoms with van der Waals surface area (Å²) in [5.41, 5.74) is 1.71. The summed E-state index contributed by atoms with van der Waals surface area (Å²) in [7, 11) is 0. The van der Waals surface area contributed by atoms with Crippen molar-refractivity contribution in [2.24, 2.45) is 5.92 Å². The van der Waals surface area contributed by atoms with Crippen molar-refractivity contribution in [2.75, 3.05) is 23.4 Å². The van der Waals surface area contributed by atoms with Crippen LogP contribution in [0.25, 0.3) is 10.9 Å². The molecule has 34 heavy (non-hydrogen) atoms. The number of nitrogens with zero attached hydrogens (tertiary/aromatic N) is 1. The van der Waals surface area contributed by atoms with E-state index in [0.717, 1.165) is 35.7 Å². The van der Waals surface area contributed by atoms with Crippen molar-refractivity contribution in [3.05, 3.63) is 65.6 Å². The molecule has 2 heterocycles. The van der Waals surface area contributed by atoms with Gasteiger partial charge in [0, 0.05) is 42.6 Å². The highest BCUT2D eigenvalue weighted by atomic mass is 32.2. The van der Waals surface area contributed by atoms with Gasteiger partial charge >= 0.3 is 0 Å². The van der Waals surface area contributed by atoms with Crippen LogP contribution in [-0.2, 0) is 17.7 Å². The molecule has 3 aromatic rings. The lowest BCUT2D eigenvalue weighted by Gasteiger charge is -2.25. The van der Waals surface area contributed by atoms with Crippen molar-refractivity contribution >= 4 is 33.7 Å². The average molecular weight is 482 g/mol. The van der Waals surface area contributed by atoms with Crippen LogP contribution < -0.4 is 15.4 Å². The highest BCUT2D eigenvalue weighted by molar-refractivity contribution is 7.91. The molecule has 1 saturated heterocycles. The molecule has 6 nitrogen and oxygen atoms in total. The fourth-order valence-electron chi connectivity index (χ4n) is 4.06. The lowest BCUT2D eigenvalue weighted by atomic mass is 10.1. The van der Waals surface area contributed by atoms with Gasteiger partial charge in [0.15, 0.2) is 5.82 Å². The maximum atomic E-state index is 15.1. The Morgan fingerprint density at radius 3 is 2.62 bits per heavy atom. The van der Waals surface area contributed by atoms with E-state index < -0.39 is 17.0 Å². The summed E-state index contributed by atoms with van der Waals surface area (Å²) in [5, 5.41) is 6.81. The molecule has 1 amide bonds. The Hall–Kier alpha value is -2.68. The van der Waals surface area contributed by atoms with E-state index in [1.165, 1.54) is 12.8 Å². The standard InChI is InChI=1S/C26H28FN3O3S/c27-24-23(30-26(31)19-3-6-22(7-4-19)33-16-17-1-2-17)8-5-20-13-18(15-29-25(20)24)14-28-21-9-11-34(32)12-10-21/h3-8,13,15,17,21,28H,1-2,9-12,14,16H2,(H,30,31)/t21-,34+. The van der Waals surface area contributed by atoms with Crippen molar-refractivity contribution in [3.63, 3.8) is 0 Å². The molecule has 1 saturated carbocycles. The summed E-state index contributed by atoms with van der Waals surface area (Å²) >= 11 is -0.681. The number of benzene rings is 2. The second kappa shape index (κ2) is 10.3. The van der Waals surface area contributed by atoms with Crippen LogP contribution in [0.3, 0.4) is 0 Å². The summed E-state index contributed by atoms with van der Waals surface area (Å²) in [4.78, 5) is 17.0. The zero-order valence-corrected chi connectivity index (χ0v) is 19.7. The van der Waals surface area contributed by atoms with E-state index in [0.29, 0.717) is 36.1 Å². The first kappa shape index (κ1) is 23.1. The molecule has 5 rings (SSSR count). The number of hydrogen-bond acceptors (Lipinski definition) is 5. The molecule has 0 atom stereocenters. The molecule has 2 N–H and O–H groups in total. The Morgan fingerprint density at radius 2 is 1.88 bits per heavy atom. The Labute approximate surface area is 201 Å². The van der Waals surface area contributed by atoms with E-state index in [2.05, 4.69) is 15.6 Å². The molecular formula is C26H28FN3O3S. The number of nitrogens with one attached hydrogen (secondary N) is 2. The Balaban J connectivity index is 1.21. The first-order chi connectivity index (χ1) is 16.5. The van der Waals surface area contributed by atoms with E-state index in [4.69, 9.17) is 4.74 Å². The smallest absolute Gasteiger partial charge is 0.255 e. The molecule has 8 heteroatoms. The number of ether oxygens (including phenoxy) is 1. The molecule has 0 spiro atoms. The quantitative estimate of drug-likeness (QED) is 0.466. The molecule has 1 aromatic heterocycles. The van der Waals surface area contributed by atoms with Crippen LogP contribution in [0.4, 0.5) is 10.1 Å². The molecule has 1 aliphatic carbocycles. The number of anilines is 1. The molecule has 0 radical (unpaired) electrons. The lowest BCUT2D eigenvalue weighted by molar-refractivity contribution is 0.102. The summed E-state index contributed by atoms with van der Waals surface area (Å²) in [6.45, 7) is 1.34. The number of hydrogen-bond donors (Lipinski definition) is 2. The third-order valence-corrected chi connectivity index (χ3v) is 7.76. The van der Waals surface area contributed by atoms with Gasteiger partial charge in [-0.3, -0.25) is 9.78 Å². The highest BCUT2D eigenvalue weighted by Gasteiger charge is 2.22. The number of fused-ring (bicyclic) bond motifs is 1. The number of pyridine rings is 1. The largest absolute Gasteiger partial charge is 0.616 e. The molecule has 2 fully saturated rings. The van der Waals surface area contributed by atoms with Crippen molar-refractivity contribution in [2.45, 2.75) is 38.3 Å². The number of halogens is 1. The predicted molar refractivity (Wildman–Crippen MR) is 132 cm³/mol. The number of aromatic nitrogens is 1. The van der Waals surface area contributed by atoms with Crippen LogP contribution in [0.5, 0.6) is 5.75 Å². The molecule has 1 aliphatic heterocycles. The molecule has 2 aliphatic rings. The minimum absolute atomic E-state index is 0.0974. The number of rotatable bonds is 8. The maximum Gasteiger partial charge on any atom is 0.255 e. The second-order valence-corrected chi connectivity index (χ2v) is 10.8. The normalized spacial score (nSPS) is 20.3. The van der Waals surface area contributed by atoms with Gasteiger partial charge in [0.25, 0.3) is 5.91 Å². The van der Waals surface area contributed by atoms with Gasteiger partial charge in [-0.2, -0.15) is 0 Å². The van der Waals surface area contributed by atoms with Crippen molar-refractivity contribution in [1.82, 2.24) is 10.3 Å². The lowest BCUT2D eigenvalue weighted by Crippen LogP contribution is -2.37. The van der Waals surface area contributed by atoms with Gasteiger partial charge in [-0.05, 0) is 60.7 Å².